The predicted molar refractivity (Wildman–Crippen MR) is 91.3 cm³/mol. The molecule has 132 valence electrons. The highest BCUT2D eigenvalue weighted by Gasteiger charge is 2.24. The molecule has 1 aromatic carbocycles. The van der Waals surface area contributed by atoms with Crippen LogP contribution in [-0.2, 0) is 26.0 Å². The Morgan fingerprint density at radius 1 is 1.17 bits per heavy atom. The van der Waals surface area contributed by atoms with E-state index in [4.69, 9.17) is 0 Å². The van der Waals surface area contributed by atoms with Gasteiger partial charge in [0, 0.05) is 39.2 Å². The average Bonchev–Trinajstić information content (AvgIpc) is 2.93. The minimum atomic E-state index is -3.56. The van der Waals surface area contributed by atoms with E-state index in [1.54, 1.807) is 17.0 Å². The van der Waals surface area contributed by atoms with Gasteiger partial charge in [-0.15, -0.1) is 0 Å². The van der Waals surface area contributed by atoms with Gasteiger partial charge in [-0.25, -0.2) is 13.1 Å². The minimum absolute atomic E-state index is 0.0401. The van der Waals surface area contributed by atoms with E-state index in [1.807, 2.05) is 0 Å². The number of unbranched alkanes of at least 4 members (excludes halogenated alkanes) is 1. The Bertz CT molecular complexity index is 731. The molecule has 0 bridgehead atoms. The van der Waals surface area contributed by atoms with Crippen LogP contribution < -0.4 is 14.9 Å². The number of nitrogens with one attached hydrogen (secondary N) is 2. The Morgan fingerprint density at radius 3 is 2.54 bits per heavy atom. The summed E-state index contributed by atoms with van der Waals surface area (Å²) in [6.45, 7) is 4.40. The highest BCUT2D eigenvalue weighted by atomic mass is 32.2. The fraction of sp³-hybridized carbons (Fsp3) is 0.500. The third-order valence-corrected chi connectivity index (χ3v) is 5.37. The highest BCUT2D eigenvalue weighted by Crippen LogP contribution is 2.30. The first kappa shape index (κ1) is 18.4. The van der Waals surface area contributed by atoms with Crippen LogP contribution in [0.2, 0.25) is 0 Å². The summed E-state index contributed by atoms with van der Waals surface area (Å²) in [4.78, 5) is 24.1. The topological polar surface area (TPSA) is 95.6 Å². The standard InChI is InChI=1S/C16H23N3O4S/c1-12(20)17-8-3-4-9-18-24(22,23)15-5-6-16-14(11-15)7-10-19(16)13(2)21/h5-6,11,18H,3-4,7-10H2,1-2H3,(H,17,20). The number of amides is 2. The summed E-state index contributed by atoms with van der Waals surface area (Å²) in [6, 6.07) is 4.85. The van der Waals surface area contributed by atoms with Crippen LogP contribution in [0, 0.1) is 0 Å². The molecule has 0 unspecified atom stereocenters. The maximum atomic E-state index is 12.3. The van der Waals surface area contributed by atoms with Gasteiger partial charge in [-0.1, -0.05) is 0 Å². The van der Waals surface area contributed by atoms with Crippen molar-refractivity contribution in [3.8, 4) is 0 Å². The fourth-order valence-electron chi connectivity index (χ4n) is 2.68. The molecule has 2 rings (SSSR count). The lowest BCUT2D eigenvalue weighted by Crippen LogP contribution is -2.27. The molecule has 0 aliphatic carbocycles. The molecule has 0 saturated heterocycles. The van der Waals surface area contributed by atoms with Crippen molar-refractivity contribution in [3.63, 3.8) is 0 Å². The molecule has 0 aromatic heterocycles. The number of anilines is 1. The van der Waals surface area contributed by atoms with Crippen molar-refractivity contribution >= 4 is 27.5 Å². The van der Waals surface area contributed by atoms with Gasteiger partial charge in [0.25, 0.3) is 0 Å². The van der Waals surface area contributed by atoms with E-state index < -0.39 is 10.0 Å². The largest absolute Gasteiger partial charge is 0.356 e. The first-order chi connectivity index (χ1) is 11.3. The predicted octanol–water partition coefficient (Wildman–Crippen LogP) is 0.790. The molecule has 1 heterocycles. The number of fused-ring (bicyclic) bond motifs is 1. The smallest absolute Gasteiger partial charge is 0.240 e. The van der Waals surface area contributed by atoms with Crippen LogP contribution in [0.4, 0.5) is 5.69 Å². The second-order valence-corrected chi connectivity index (χ2v) is 7.57. The van der Waals surface area contributed by atoms with Crippen molar-refractivity contribution in [3.05, 3.63) is 23.8 Å². The van der Waals surface area contributed by atoms with Gasteiger partial charge in [0.15, 0.2) is 0 Å². The molecule has 2 amide bonds. The Hall–Kier alpha value is -1.93. The zero-order valence-electron chi connectivity index (χ0n) is 14.0. The number of rotatable bonds is 7. The van der Waals surface area contributed by atoms with Crippen molar-refractivity contribution < 1.29 is 18.0 Å². The van der Waals surface area contributed by atoms with E-state index >= 15 is 0 Å². The van der Waals surface area contributed by atoms with E-state index in [-0.39, 0.29) is 16.7 Å². The Balaban J connectivity index is 1.93. The van der Waals surface area contributed by atoms with Crippen LogP contribution in [0.3, 0.4) is 0 Å². The number of hydrogen-bond donors (Lipinski definition) is 2. The molecule has 1 aliphatic heterocycles. The molecule has 1 aliphatic rings. The monoisotopic (exact) mass is 353 g/mol. The molecule has 24 heavy (non-hydrogen) atoms. The van der Waals surface area contributed by atoms with E-state index in [2.05, 4.69) is 10.0 Å². The molecule has 2 N–H and O–H groups in total. The quantitative estimate of drug-likeness (QED) is 0.709. The number of hydrogen-bond acceptors (Lipinski definition) is 4. The minimum Gasteiger partial charge on any atom is -0.356 e. The van der Waals surface area contributed by atoms with Crippen LogP contribution >= 0.6 is 0 Å². The molecule has 0 radical (unpaired) electrons. The number of carbonyl (C=O) groups is 2. The summed E-state index contributed by atoms with van der Waals surface area (Å²) in [5.41, 5.74) is 1.66. The van der Waals surface area contributed by atoms with Crippen molar-refractivity contribution in [2.24, 2.45) is 0 Å². The van der Waals surface area contributed by atoms with Crippen LogP contribution in [0.5, 0.6) is 0 Å². The molecule has 0 atom stereocenters. The summed E-state index contributed by atoms with van der Waals surface area (Å²) < 4.78 is 27.2. The number of nitrogens with zero attached hydrogens (tertiary/aromatic N) is 1. The van der Waals surface area contributed by atoms with E-state index in [1.165, 1.54) is 19.9 Å². The third-order valence-electron chi connectivity index (χ3n) is 3.91. The van der Waals surface area contributed by atoms with Crippen LogP contribution in [0.1, 0.15) is 32.3 Å². The second-order valence-electron chi connectivity index (χ2n) is 5.80. The molecule has 1 aromatic rings. The van der Waals surface area contributed by atoms with Gasteiger partial charge in [-0.2, -0.15) is 0 Å². The first-order valence-corrected chi connectivity index (χ1v) is 9.45. The van der Waals surface area contributed by atoms with E-state index in [0.717, 1.165) is 11.3 Å². The Morgan fingerprint density at radius 2 is 1.88 bits per heavy atom. The fourth-order valence-corrected chi connectivity index (χ4v) is 3.80. The lowest BCUT2D eigenvalue weighted by molar-refractivity contribution is -0.119. The maximum absolute atomic E-state index is 12.3. The summed E-state index contributed by atoms with van der Waals surface area (Å²) in [6.07, 6.45) is 2.01. The van der Waals surface area contributed by atoms with E-state index in [9.17, 15) is 18.0 Å². The molecule has 7 nitrogen and oxygen atoms in total. The van der Waals surface area contributed by atoms with Crippen LogP contribution in [0.25, 0.3) is 0 Å². The summed E-state index contributed by atoms with van der Waals surface area (Å²) >= 11 is 0. The van der Waals surface area contributed by atoms with Gasteiger partial charge in [0.1, 0.15) is 0 Å². The molecule has 0 spiro atoms. The van der Waals surface area contributed by atoms with Crippen molar-refractivity contribution in [1.29, 1.82) is 0 Å². The Kier molecular flexibility index (Phi) is 5.95. The van der Waals surface area contributed by atoms with Crippen molar-refractivity contribution in [2.45, 2.75) is 38.0 Å². The SMILES string of the molecule is CC(=O)NCCCCNS(=O)(=O)c1ccc2c(c1)CCN2C(C)=O. The van der Waals surface area contributed by atoms with Gasteiger partial charge in [0.2, 0.25) is 21.8 Å². The lowest BCUT2D eigenvalue weighted by atomic mass is 10.2. The second kappa shape index (κ2) is 7.76. The highest BCUT2D eigenvalue weighted by molar-refractivity contribution is 7.89. The average molecular weight is 353 g/mol. The lowest BCUT2D eigenvalue weighted by Gasteiger charge is -2.15. The van der Waals surface area contributed by atoms with Crippen LogP contribution in [-0.4, -0.2) is 39.9 Å². The zero-order valence-corrected chi connectivity index (χ0v) is 14.8. The Labute approximate surface area is 142 Å². The van der Waals surface area contributed by atoms with Crippen molar-refractivity contribution in [2.75, 3.05) is 24.5 Å². The third kappa shape index (κ3) is 4.55. The first-order valence-electron chi connectivity index (χ1n) is 7.96. The van der Waals surface area contributed by atoms with Gasteiger partial charge < -0.3 is 10.2 Å². The number of benzene rings is 1. The van der Waals surface area contributed by atoms with Crippen LogP contribution in [0.15, 0.2) is 23.1 Å². The molecule has 8 heteroatoms. The number of sulfonamides is 1. The molecular formula is C16H23N3O4S. The number of carbonyl (C=O) groups excluding carboxylic acids is 2. The zero-order chi connectivity index (χ0) is 17.7. The molecule has 0 saturated carbocycles. The summed E-state index contributed by atoms with van der Waals surface area (Å²) in [5.74, 6) is -0.130. The van der Waals surface area contributed by atoms with Gasteiger partial charge >= 0.3 is 0 Å². The summed E-state index contributed by atoms with van der Waals surface area (Å²) in [5, 5.41) is 2.67. The van der Waals surface area contributed by atoms with Gasteiger partial charge in [-0.3, -0.25) is 9.59 Å². The van der Waals surface area contributed by atoms with E-state index in [0.29, 0.717) is 38.9 Å². The normalized spacial score (nSPS) is 13.7. The van der Waals surface area contributed by atoms with Gasteiger partial charge in [0.05, 0.1) is 4.90 Å². The molecule has 0 fully saturated rings. The summed E-state index contributed by atoms with van der Waals surface area (Å²) in [7, 11) is -3.56. The maximum Gasteiger partial charge on any atom is 0.240 e. The van der Waals surface area contributed by atoms with Gasteiger partial charge in [-0.05, 0) is 43.0 Å². The molecular weight excluding hydrogens is 330 g/mol. The van der Waals surface area contributed by atoms with Crippen molar-refractivity contribution in [1.82, 2.24) is 10.0 Å².